The van der Waals surface area contributed by atoms with Gasteiger partial charge in [0, 0.05) is 11.8 Å². The van der Waals surface area contributed by atoms with Gasteiger partial charge in [-0.3, -0.25) is 4.79 Å². The van der Waals surface area contributed by atoms with Crippen molar-refractivity contribution < 1.29 is 19.0 Å². The van der Waals surface area contributed by atoms with Crippen molar-refractivity contribution in [2.45, 2.75) is 0 Å². The van der Waals surface area contributed by atoms with E-state index in [0.29, 0.717) is 23.7 Å². The van der Waals surface area contributed by atoms with Gasteiger partial charge in [-0.05, 0) is 12.1 Å². The summed E-state index contributed by atoms with van der Waals surface area (Å²) in [7, 11) is 4.48. The molecule has 0 aliphatic heterocycles. The minimum atomic E-state index is 0.375. The zero-order valence-electron chi connectivity index (χ0n) is 9.02. The molecule has 0 heterocycles. The number of anilines is 1. The van der Waals surface area contributed by atoms with E-state index in [4.69, 9.17) is 20.0 Å². The van der Waals surface area contributed by atoms with Crippen LogP contribution in [0.5, 0.6) is 11.5 Å². The summed E-state index contributed by atoms with van der Waals surface area (Å²) in [4.78, 5) is 8.95. The van der Waals surface area contributed by atoms with Gasteiger partial charge in [0.2, 0.25) is 0 Å². The van der Waals surface area contributed by atoms with Crippen LogP contribution in [-0.4, -0.2) is 27.8 Å². The second-order valence-corrected chi connectivity index (χ2v) is 2.45. The van der Waals surface area contributed by atoms with Crippen LogP contribution in [0, 0.1) is 0 Å². The molecule has 5 heteroatoms. The summed E-state index contributed by atoms with van der Waals surface area (Å²) in [5.74, 6) is 1.36. The average molecular weight is 213 g/mol. The number of carbonyl (C=O) groups excluding carboxylic acids is 1. The highest BCUT2D eigenvalue weighted by atomic mass is 16.5. The maximum absolute atomic E-state index is 8.95. The van der Waals surface area contributed by atoms with Crippen molar-refractivity contribution in [3.8, 4) is 11.5 Å². The normalized spacial score (nSPS) is 8.20. The third-order valence-electron chi connectivity index (χ3n) is 1.50. The molecular weight excluding hydrogens is 198 g/mol. The fraction of sp³-hybridized carbons (Fsp3) is 0.300. The lowest BCUT2D eigenvalue weighted by Crippen LogP contribution is -1.92. The molecule has 0 saturated heterocycles. The highest BCUT2D eigenvalue weighted by Gasteiger charge is 2.00. The van der Waals surface area contributed by atoms with Crippen molar-refractivity contribution in [2.24, 2.45) is 0 Å². The molecule has 0 fully saturated rings. The first-order valence-electron chi connectivity index (χ1n) is 4.13. The number of hydrogen-bond acceptors (Lipinski definition) is 5. The quantitative estimate of drug-likeness (QED) is 0.600. The molecule has 1 aromatic carbocycles. The van der Waals surface area contributed by atoms with E-state index in [1.165, 1.54) is 7.11 Å². The molecule has 0 atom stereocenters. The van der Waals surface area contributed by atoms with Gasteiger partial charge >= 0.3 is 0 Å². The van der Waals surface area contributed by atoms with Gasteiger partial charge in [0.25, 0.3) is 6.47 Å². The molecule has 15 heavy (non-hydrogen) atoms. The molecule has 0 radical (unpaired) electrons. The summed E-state index contributed by atoms with van der Waals surface area (Å²) in [6, 6.07) is 5.26. The Bertz CT molecular complexity index is 301. The van der Waals surface area contributed by atoms with E-state index in [-0.39, 0.29) is 0 Å². The number of nitrogens with two attached hydrogens (primary N) is 1. The summed E-state index contributed by atoms with van der Waals surface area (Å²) in [5, 5.41) is 0. The van der Waals surface area contributed by atoms with E-state index in [0.717, 1.165) is 0 Å². The summed E-state index contributed by atoms with van der Waals surface area (Å²) in [5.41, 5.74) is 6.19. The summed E-state index contributed by atoms with van der Waals surface area (Å²) >= 11 is 0. The third-order valence-corrected chi connectivity index (χ3v) is 1.50. The van der Waals surface area contributed by atoms with Crippen molar-refractivity contribution in [1.82, 2.24) is 0 Å². The largest absolute Gasteiger partial charge is 0.493 e. The Balaban J connectivity index is 0.000000423. The molecule has 0 unspecified atom stereocenters. The summed E-state index contributed by atoms with van der Waals surface area (Å²) < 4.78 is 13.9. The van der Waals surface area contributed by atoms with Crippen LogP contribution in [0.15, 0.2) is 18.2 Å². The SMILES string of the molecule is COC=O.COc1ccc(N)cc1OC. The molecule has 0 spiro atoms. The standard InChI is InChI=1S/C8H11NO2.C2H4O2/c1-10-7-4-3-6(9)5-8(7)11-2;1-4-2-3/h3-5H,9H2,1-2H3;2H,1H3. The predicted octanol–water partition coefficient (Wildman–Crippen LogP) is 1.08. The zero-order chi connectivity index (χ0) is 11.7. The van der Waals surface area contributed by atoms with Gasteiger partial charge in [0.15, 0.2) is 11.5 Å². The first-order chi connectivity index (χ1) is 7.19. The van der Waals surface area contributed by atoms with E-state index in [1.54, 1.807) is 32.4 Å². The smallest absolute Gasteiger partial charge is 0.292 e. The van der Waals surface area contributed by atoms with Gasteiger partial charge in [0.1, 0.15) is 0 Å². The van der Waals surface area contributed by atoms with Crippen LogP contribution >= 0.6 is 0 Å². The Hall–Kier alpha value is -1.91. The summed E-state index contributed by atoms with van der Waals surface area (Å²) in [6.07, 6.45) is 0. The first-order valence-corrected chi connectivity index (χ1v) is 4.13. The summed E-state index contributed by atoms with van der Waals surface area (Å²) in [6.45, 7) is 0.375. The van der Waals surface area contributed by atoms with Crippen molar-refractivity contribution in [1.29, 1.82) is 0 Å². The molecule has 2 N–H and O–H groups in total. The Morgan fingerprint density at radius 3 is 2.07 bits per heavy atom. The van der Waals surface area contributed by atoms with Gasteiger partial charge in [0.05, 0.1) is 21.3 Å². The Kier molecular flexibility index (Phi) is 6.54. The monoisotopic (exact) mass is 213 g/mol. The van der Waals surface area contributed by atoms with Gasteiger partial charge in [-0.1, -0.05) is 0 Å². The van der Waals surface area contributed by atoms with Gasteiger partial charge < -0.3 is 19.9 Å². The Morgan fingerprint density at radius 1 is 1.13 bits per heavy atom. The number of ether oxygens (including phenoxy) is 3. The fourth-order valence-electron chi connectivity index (χ4n) is 0.853. The van der Waals surface area contributed by atoms with E-state index in [1.807, 2.05) is 0 Å². The minimum absolute atomic E-state index is 0.375. The molecule has 0 amide bonds. The van der Waals surface area contributed by atoms with Crippen LogP contribution in [-0.2, 0) is 9.53 Å². The van der Waals surface area contributed by atoms with Gasteiger partial charge in [-0.2, -0.15) is 0 Å². The number of methoxy groups -OCH3 is 3. The molecule has 84 valence electrons. The minimum Gasteiger partial charge on any atom is -0.493 e. The number of benzene rings is 1. The Morgan fingerprint density at radius 2 is 1.67 bits per heavy atom. The van der Waals surface area contributed by atoms with Crippen molar-refractivity contribution >= 4 is 12.2 Å². The van der Waals surface area contributed by atoms with Crippen molar-refractivity contribution in [3.05, 3.63) is 18.2 Å². The number of rotatable bonds is 3. The van der Waals surface area contributed by atoms with E-state index in [9.17, 15) is 0 Å². The molecule has 0 aromatic heterocycles. The van der Waals surface area contributed by atoms with Crippen LogP contribution in [0.4, 0.5) is 5.69 Å². The van der Waals surface area contributed by atoms with Gasteiger partial charge in [-0.25, -0.2) is 0 Å². The Labute approximate surface area is 88.7 Å². The topological polar surface area (TPSA) is 70.8 Å². The molecule has 1 rings (SSSR count). The van der Waals surface area contributed by atoms with Crippen molar-refractivity contribution in [2.75, 3.05) is 27.1 Å². The maximum Gasteiger partial charge on any atom is 0.292 e. The van der Waals surface area contributed by atoms with Crippen molar-refractivity contribution in [3.63, 3.8) is 0 Å². The number of nitrogen functional groups attached to an aromatic ring is 1. The van der Waals surface area contributed by atoms with Crippen LogP contribution in [0.1, 0.15) is 0 Å². The van der Waals surface area contributed by atoms with Crippen LogP contribution in [0.3, 0.4) is 0 Å². The molecule has 1 aromatic rings. The maximum atomic E-state index is 8.95. The van der Waals surface area contributed by atoms with E-state index >= 15 is 0 Å². The van der Waals surface area contributed by atoms with E-state index in [2.05, 4.69) is 4.74 Å². The highest BCUT2D eigenvalue weighted by molar-refractivity contribution is 5.51. The molecule has 0 aliphatic rings. The molecule has 0 aliphatic carbocycles. The lowest BCUT2D eigenvalue weighted by atomic mass is 10.3. The van der Waals surface area contributed by atoms with E-state index < -0.39 is 0 Å². The second-order valence-electron chi connectivity index (χ2n) is 2.45. The average Bonchev–Trinajstić information content (AvgIpc) is 2.29. The molecule has 5 nitrogen and oxygen atoms in total. The highest BCUT2D eigenvalue weighted by Crippen LogP contribution is 2.28. The number of carbonyl (C=O) groups is 1. The lowest BCUT2D eigenvalue weighted by molar-refractivity contribution is -0.126. The molecule has 0 saturated carbocycles. The second kappa shape index (κ2) is 7.49. The molecule has 0 bridgehead atoms. The molecular formula is C10H15NO4. The van der Waals surface area contributed by atoms with Crippen LogP contribution < -0.4 is 15.2 Å². The fourth-order valence-corrected chi connectivity index (χ4v) is 0.853. The van der Waals surface area contributed by atoms with Crippen LogP contribution in [0.25, 0.3) is 0 Å². The number of hydrogen-bond donors (Lipinski definition) is 1. The first kappa shape index (κ1) is 13.1. The zero-order valence-corrected chi connectivity index (χ0v) is 9.02. The van der Waals surface area contributed by atoms with Crippen LogP contribution in [0.2, 0.25) is 0 Å². The third kappa shape index (κ3) is 4.75. The van der Waals surface area contributed by atoms with Gasteiger partial charge in [-0.15, -0.1) is 0 Å². The predicted molar refractivity (Wildman–Crippen MR) is 57.0 cm³/mol. The lowest BCUT2D eigenvalue weighted by Gasteiger charge is -2.06.